The molecule has 0 spiro atoms. The predicted octanol–water partition coefficient (Wildman–Crippen LogP) is 2.30. The molecule has 2 aliphatic rings. The highest BCUT2D eigenvalue weighted by molar-refractivity contribution is 8.16. The molecule has 0 atom stereocenters. The van der Waals surface area contributed by atoms with Crippen molar-refractivity contribution in [1.29, 1.82) is 0 Å². The van der Waals surface area contributed by atoms with Crippen LogP contribution >= 0.6 is 11.8 Å². The van der Waals surface area contributed by atoms with Gasteiger partial charge >= 0.3 is 0 Å². The average Bonchev–Trinajstić information content (AvgIpc) is 2.70. The van der Waals surface area contributed by atoms with Crippen LogP contribution < -0.4 is 5.32 Å². The van der Waals surface area contributed by atoms with Gasteiger partial charge in [0.25, 0.3) is 0 Å². The molecule has 1 amide bonds. The highest BCUT2D eigenvalue weighted by Crippen LogP contribution is 2.35. The number of hydrogen-bond acceptors (Lipinski definition) is 3. The van der Waals surface area contributed by atoms with Crippen LogP contribution in [0.2, 0.25) is 0 Å². The molecule has 4 heteroatoms. The number of allylic oxidation sites excluding steroid dienone is 1. The number of hydrogen-bond donors (Lipinski definition) is 1. The monoisotopic (exact) mass is 224 g/mol. The van der Waals surface area contributed by atoms with E-state index in [9.17, 15) is 4.79 Å². The highest BCUT2D eigenvalue weighted by atomic mass is 32.2. The fraction of sp³-hybridized carbons (Fsp3) is 0.636. The fourth-order valence-electron chi connectivity index (χ4n) is 1.79. The van der Waals surface area contributed by atoms with E-state index in [-0.39, 0.29) is 11.3 Å². The Morgan fingerprint density at radius 3 is 2.87 bits per heavy atom. The van der Waals surface area contributed by atoms with Crippen molar-refractivity contribution in [2.45, 2.75) is 33.1 Å². The van der Waals surface area contributed by atoms with Crippen LogP contribution in [0.15, 0.2) is 16.1 Å². The molecule has 1 N–H and O–H groups in total. The van der Waals surface area contributed by atoms with E-state index in [0.29, 0.717) is 6.42 Å². The average molecular weight is 224 g/mol. The predicted molar refractivity (Wildman–Crippen MR) is 63.8 cm³/mol. The minimum atomic E-state index is -0.0384. The largest absolute Gasteiger partial charge is 0.329 e. The lowest BCUT2D eigenvalue weighted by molar-refractivity contribution is -0.119. The molecule has 1 saturated heterocycles. The summed E-state index contributed by atoms with van der Waals surface area (Å²) < 4.78 is 0. The van der Waals surface area contributed by atoms with Gasteiger partial charge in [0.15, 0.2) is 0 Å². The summed E-state index contributed by atoms with van der Waals surface area (Å²) in [7, 11) is 0. The molecule has 0 bridgehead atoms. The van der Waals surface area contributed by atoms with Gasteiger partial charge in [0, 0.05) is 24.1 Å². The van der Waals surface area contributed by atoms with Gasteiger partial charge in [-0.2, -0.15) is 0 Å². The third kappa shape index (κ3) is 2.43. The van der Waals surface area contributed by atoms with Gasteiger partial charge in [-0.3, -0.25) is 9.79 Å². The molecule has 15 heavy (non-hydrogen) atoms. The Bertz CT molecular complexity index is 344. The number of aliphatic imine (C=N–C) groups is 1. The van der Waals surface area contributed by atoms with Crippen LogP contribution in [-0.4, -0.2) is 17.5 Å². The molecule has 0 radical (unpaired) electrons. The molecule has 0 saturated carbocycles. The second-order valence-electron chi connectivity index (χ2n) is 4.64. The molecule has 2 aliphatic heterocycles. The second kappa shape index (κ2) is 4.00. The van der Waals surface area contributed by atoms with Crippen molar-refractivity contribution in [3.63, 3.8) is 0 Å². The molecule has 3 nitrogen and oxygen atoms in total. The van der Waals surface area contributed by atoms with Gasteiger partial charge in [0.1, 0.15) is 0 Å². The Morgan fingerprint density at radius 1 is 1.53 bits per heavy atom. The van der Waals surface area contributed by atoms with E-state index in [0.717, 1.165) is 18.7 Å². The van der Waals surface area contributed by atoms with Crippen LogP contribution in [0.3, 0.4) is 0 Å². The summed E-state index contributed by atoms with van der Waals surface area (Å²) in [4.78, 5) is 15.7. The van der Waals surface area contributed by atoms with Gasteiger partial charge in [0.05, 0.1) is 5.04 Å². The van der Waals surface area contributed by atoms with E-state index in [1.54, 1.807) is 11.8 Å². The molecule has 2 heterocycles. The Balaban J connectivity index is 2.03. The summed E-state index contributed by atoms with van der Waals surface area (Å²) in [6.07, 6.45) is 2.84. The number of carbonyl (C=O) groups is 1. The number of nitrogens with zero attached hydrogens (tertiary/aromatic N) is 1. The molecule has 0 aromatic heterocycles. The van der Waals surface area contributed by atoms with Gasteiger partial charge in [-0.05, 0) is 18.2 Å². The summed E-state index contributed by atoms with van der Waals surface area (Å²) in [6, 6.07) is 0. The topological polar surface area (TPSA) is 41.5 Å². The number of amides is 1. The Hall–Kier alpha value is -0.770. The van der Waals surface area contributed by atoms with Crippen LogP contribution in [0.25, 0.3) is 0 Å². The Morgan fingerprint density at radius 2 is 2.33 bits per heavy atom. The first-order valence-corrected chi connectivity index (χ1v) is 6.16. The van der Waals surface area contributed by atoms with Gasteiger partial charge < -0.3 is 5.32 Å². The van der Waals surface area contributed by atoms with Gasteiger partial charge in [-0.15, -0.1) is 0 Å². The summed E-state index contributed by atoms with van der Waals surface area (Å²) in [6.45, 7) is 5.14. The lowest BCUT2D eigenvalue weighted by atomic mass is 9.90. The maximum Gasteiger partial charge on any atom is 0.225 e. The first kappa shape index (κ1) is 10.7. The molecule has 0 aliphatic carbocycles. The van der Waals surface area contributed by atoms with Crippen molar-refractivity contribution in [2.24, 2.45) is 10.4 Å². The number of rotatable bonds is 1. The quantitative estimate of drug-likeness (QED) is 0.742. The van der Waals surface area contributed by atoms with Crippen molar-refractivity contribution in [2.75, 3.05) is 6.54 Å². The molecule has 82 valence electrons. The SMILES string of the molecule is CC1(C)CC(=O)N/C1=C\SC1=NCCC1. The standard InChI is InChI=1S/C11H16N2OS/c1-11(2)6-9(14)13-8(11)7-15-10-4-3-5-12-10/h7H,3-6H2,1-2H3,(H,13,14)/b8-7-. The third-order valence-corrected chi connectivity index (χ3v) is 3.71. The molecule has 1 fully saturated rings. The zero-order valence-electron chi connectivity index (χ0n) is 9.17. The molecule has 0 unspecified atom stereocenters. The van der Waals surface area contributed by atoms with Crippen molar-refractivity contribution >= 4 is 22.7 Å². The van der Waals surface area contributed by atoms with Crippen molar-refractivity contribution in [3.8, 4) is 0 Å². The summed E-state index contributed by atoms with van der Waals surface area (Å²) >= 11 is 1.66. The van der Waals surface area contributed by atoms with Crippen LogP contribution in [0.4, 0.5) is 0 Å². The minimum Gasteiger partial charge on any atom is -0.329 e. The number of thioether (sulfide) groups is 1. The lowest BCUT2D eigenvalue weighted by Crippen LogP contribution is -2.14. The fourth-order valence-corrected chi connectivity index (χ4v) is 2.85. The highest BCUT2D eigenvalue weighted by Gasteiger charge is 2.34. The summed E-state index contributed by atoms with van der Waals surface area (Å²) in [5, 5.41) is 6.16. The molecular weight excluding hydrogens is 208 g/mol. The van der Waals surface area contributed by atoms with Gasteiger partial charge in [-0.25, -0.2) is 0 Å². The maximum absolute atomic E-state index is 11.3. The van der Waals surface area contributed by atoms with Gasteiger partial charge in [0.2, 0.25) is 5.91 Å². The van der Waals surface area contributed by atoms with Crippen molar-refractivity contribution < 1.29 is 4.79 Å². The van der Waals surface area contributed by atoms with E-state index in [4.69, 9.17) is 0 Å². The van der Waals surface area contributed by atoms with Crippen LogP contribution in [-0.2, 0) is 4.79 Å². The van der Waals surface area contributed by atoms with Crippen molar-refractivity contribution in [1.82, 2.24) is 5.32 Å². The van der Waals surface area contributed by atoms with Crippen LogP contribution in [0.5, 0.6) is 0 Å². The van der Waals surface area contributed by atoms with E-state index in [2.05, 4.69) is 29.6 Å². The zero-order valence-corrected chi connectivity index (χ0v) is 9.99. The molecule has 0 aromatic carbocycles. The van der Waals surface area contributed by atoms with Gasteiger partial charge in [-0.1, -0.05) is 25.6 Å². The first-order chi connectivity index (χ1) is 7.08. The van der Waals surface area contributed by atoms with E-state index in [1.807, 2.05) is 0 Å². The minimum absolute atomic E-state index is 0.0384. The smallest absolute Gasteiger partial charge is 0.225 e. The molecule has 2 rings (SSSR count). The normalized spacial score (nSPS) is 26.9. The van der Waals surface area contributed by atoms with E-state index >= 15 is 0 Å². The molecule has 0 aromatic rings. The van der Waals surface area contributed by atoms with E-state index < -0.39 is 0 Å². The number of nitrogens with one attached hydrogen (secondary N) is 1. The van der Waals surface area contributed by atoms with E-state index in [1.165, 1.54) is 11.5 Å². The third-order valence-electron chi connectivity index (χ3n) is 2.76. The molecular formula is C11H16N2OS. The Labute approximate surface area is 94.4 Å². The van der Waals surface area contributed by atoms with Crippen LogP contribution in [0.1, 0.15) is 33.1 Å². The number of carbonyl (C=O) groups excluding carboxylic acids is 1. The maximum atomic E-state index is 11.3. The first-order valence-electron chi connectivity index (χ1n) is 5.28. The Kier molecular flexibility index (Phi) is 2.87. The second-order valence-corrected chi connectivity index (χ2v) is 5.58. The van der Waals surface area contributed by atoms with Crippen molar-refractivity contribution in [3.05, 3.63) is 11.1 Å². The van der Waals surface area contributed by atoms with Crippen LogP contribution in [0, 0.1) is 5.41 Å². The lowest BCUT2D eigenvalue weighted by Gasteiger charge is -2.16. The summed E-state index contributed by atoms with van der Waals surface area (Å²) in [5.74, 6) is 0.125. The summed E-state index contributed by atoms with van der Waals surface area (Å²) in [5.41, 5.74) is 0.996. The zero-order chi connectivity index (χ0) is 10.9.